The molecule has 1 heterocycles. The molecule has 0 aliphatic carbocycles. The highest BCUT2D eigenvalue weighted by Gasteiger charge is 2.36. The van der Waals surface area contributed by atoms with Crippen molar-refractivity contribution in [2.75, 3.05) is 22.8 Å². The molecule has 0 saturated heterocycles. The number of ether oxygens (including phenoxy) is 1. The number of benzene rings is 3. The molecule has 3 aromatic rings. The van der Waals surface area contributed by atoms with Crippen LogP contribution in [0.25, 0.3) is 11.1 Å². The van der Waals surface area contributed by atoms with Gasteiger partial charge >= 0.3 is 12.6 Å². The number of aryl methyl sites for hydroxylation is 1. The zero-order chi connectivity index (χ0) is 26.9. The molecule has 1 atom stereocenters. The fourth-order valence-corrected chi connectivity index (χ4v) is 6.03. The quantitative estimate of drug-likeness (QED) is 0.423. The topological polar surface area (TPSA) is 87.2 Å². The Balaban J connectivity index is 1.84. The highest BCUT2D eigenvalue weighted by Crippen LogP contribution is 2.42. The van der Waals surface area contributed by atoms with E-state index in [1.54, 1.807) is 50.4 Å². The lowest BCUT2D eigenvalue weighted by atomic mass is 10.00. The summed E-state index contributed by atoms with van der Waals surface area (Å²) in [6.07, 6.45) is 0.0715. The number of alkyl halides is 2. The van der Waals surface area contributed by atoms with E-state index in [2.05, 4.69) is 4.74 Å². The van der Waals surface area contributed by atoms with Gasteiger partial charge < -0.3 is 14.7 Å². The van der Waals surface area contributed by atoms with E-state index in [0.29, 0.717) is 16.9 Å². The lowest BCUT2D eigenvalue weighted by Gasteiger charge is -2.42. The third-order valence-electron chi connectivity index (χ3n) is 6.25. The zero-order valence-electron chi connectivity index (χ0n) is 20.1. The first-order valence-electron chi connectivity index (χ1n) is 11.4. The summed E-state index contributed by atoms with van der Waals surface area (Å²) in [7, 11) is -2.31. The molecule has 0 saturated carbocycles. The van der Waals surface area contributed by atoms with Crippen LogP contribution in [0.2, 0.25) is 0 Å². The first-order valence-corrected chi connectivity index (χ1v) is 12.8. The Hall–Kier alpha value is -3.73. The largest absolute Gasteiger partial charge is 0.481 e. The Bertz CT molecular complexity index is 1430. The van der Waals surface area contributed by atoms with Crippen LogP contribution >= 0.6 is 0 Å². The van der Waals surface area contributed by atoms with E-state index in [-0.39, 0.29) is 35.6 Å². The lowest BCUT2D eigenvalue weighted by Crippen LogP contribution is -2.49. The van der Waals surface area contributed by atoms with Gasteiger partial charge in [-0.05, 0) is 66.4 Å². The predicted octanol–water partition coefficient (Wildman–Crippen LogP) is 5.28. The number of sulfonamides is 1. The summed E-state index contributed by atoms with van der Waals surface area (Å²) in [6, 6.07) is 14.1. The van der Waals surface area contributed by atoms with E-state index in [4.69, 9.17) is 0 Å². The van der Waals surface area contributed by atoms with Crippen LogP contribution in [-0.4, -0.2) is 45.7 Å². The van der Waals surface area contributed by atoms with E-state index in [1.807, 2.05) is 4.90 Å². The summed E-state index contributed by atoms with van der Waals surface area (Å²) in [6.45, 7) is -1.38. The van der Waals surface area contributed by atoms with Gasteiger partial charge in [-0.2, -0.15) is 8.78 Å². The summed E-state index contributed by atoms with van der Waals surface area (Å²) in [4.78, 5) is 13.1. The van der Waals surface area contributed by atoms with Crippen LogP contribution in [0.3, 0.4) is 0 Å². The van der Waals surface area contributed by atoms with Gasteiger partial charge in [0, 0.05) is 25.6 Å². The minimum absolute atomic E-state index is 0.0145. The zero-order valence-corrected chi connectivity index (χ0v) is 20.9. The number of hydrogen-bond acceptors (Lipinski definition) is 5. The second-order valence-corrected chi connectivity index (χ2v) is 10.7. The van der Waals surface area contributed by atoms with Crippen molar-refractivity contribution in [2.45, 2.75) is 37.3 Å². The molecule has 0 spiro atoms. The van der Waals surface area contributed by atoms with Gasteiger partial charge in [-0.15, -0.1) is 0 Å². The maximum Gasteiger partial charge on any atom is 0.387 e. The van der Waals surface area contributed by atoms with Crippen LogP contribution in [0.15, 0.2) is 65.6 Å². The number of nitrogens with zero attached hydrogens (tertiary/aromatic N) is 2. The van der Waals surface area contributed by atoms with Gasteiger partial charge in [0.05, 0.1) is 22.8 Å². The molecule has 11 heteroatoms. The fraction of sp³-hybridized carbons (Fsp3) is 0.269. The molecule has 1 aliphatic heterocycles. The van der Waals surface area contributed by atoms with Gasteiger partial charge in [-0.25, -0.2) is 12.8 Å². The number of anilines is 2. The van der Waals surface area contributed by atoms with Crippen LogP contribution in [0.5, 0.6) is 5.75 Å². The van der Waals surface area contributed by atoms with Crippen molar-refractivity contribution in [2.24, 2.45) is 0 Å². The molecular weight excluding hydrogens is 509 g/mol. The molecule has 0 radical (unpaired) electrons. The highest BCUT2D eigenvalue weighted by molar-refractivity contribution is 7.92. The number of carboxylic acids is 1. The Morgan fingerprint density at radius 1 is 1.08 bits per heavy atom. The van der Waals surface area contributed by atoms with E-state index >= 15 is 0 Å². The molecule has 7 nitrogen and oxygen atoms in total. The molecule has 0 unspecified atom stereocenters. The third-order valence-corrected chi connectivity index (χ3v) is 8.02. The molecular formula is C26H25F3N2O5S. The van der Waals surface area contributed by atoms with Crippen LogP contribution in [0, 0.1) is 12.7 Å². The van der Waals surface area contributed by atoms with Crippen molar-refractivity contribution in [3.63, 3.8) is 0 Å². The van der Waals surface area contributed by atoms with Crippen molar-refractivity contribution in [1.29, 1.82) is 0 Å². The molecule has 1 N–H and O–H groups in total. The maximum atomic E-state index is 14.2. The number of hydrogen-bond donors (Lipinski definition) is 1. The molecule has 3 aromatic carbocycles. The van der Waals surface area contributed by atoms with Crippen LogP contribution in [-0.2, 0) is 14.8 Å². The molecule has 0 bridgehead atoms. The van der Waals surface area contributed by atoms with E-state index < -0.39 is 34.5 Å². The molecule has 37 heavy (non-hydrogen) atoms. The Morgan fingerprint density at radius 2 is 1.84 bits per heavy atom. The molecule has 4 rings (SSSR count). The maximum absolute atomic E-state index is 14.2. The normalized spacial score (nSPS) is 15.6. The Kier molecular flexibility index (Phi) is 7.35. The first kappa shape index (κ1) is 26.3. The van der Waals surface area contributed by atoms with Gasteiger partial charge in [0.2, 0.25) is 0 Å². The second kappa shape index (κ2) is 10.3. The van der Waals surface area contributed by atoms with Crippen molar-refractivity contribution in [3.8, 4) is 16.9 Å². The highest BCUT2D eigenvalue weighted by atomic mass is 32.2. The number of aliphatic carboxylic acids is 1. The van der Waals surface area contributed by atoms with Crippen molar-refractivity contribution in [3.05, 3.63) is 72.0 Å². The average molecular weight is 535 g/mol. The fourth-order valence-electron chi connectivity index (χ4n) is 4.42. The summed E-state index contributed by atoms with van der Waals surface area (Å²) in [5, 5.41) is 9.18. The van der Waals surface area contributed by atoms with Gasteiger partial charge in [0.1, 0.15) is 11.6 Å². The predicted molar refractivity (Wildman–Crippen MR) is 133 cm³/mol. The van der Waals surface area contributed by atoms with Gasteiger partial charge in [-0.3, -0.25) is 9.10 Å². The van der Waals surface area contributed by atoms with Crippen molar-refractivity contribution in [1.82, 2.24) is 0 Å². The van der Waals surface area contributed by atoms with Crippen LogP contribution < -0.4 is 13.9 Å². The molecule has 196 valence electrons. The summed E-state index contributed by atoms with van der Waals surface area (Å²) < 4.78 is 72.8. The number of carboxylic acid groups (broad SMARTS) is 1. The van der Waals surface area contributed by atoms with E-state index in [1.165, 1.54) is 16.4 Å². The van der Waals surface area contributed by atoms with Gasteiger partial charge in [0.25, 0.3) is 10.0 Å². The SMILES string of the molecule is Cc1cccc(S(=O)(=O)N2C[C@H](CCC(=O)O)N(C)c3ccc(-c4cc(F)cc(OC(F)F)c4)cc32)c1. The minimum atomic E-state index is -4.06. The molecule has 1 aliphatic rings. The first-order chi connectivity index (χ1) is 17.5. The number of rotatable bonds is 8. The van der Waals surface area contributed by atoms with Crippen LogP contribution in [0.1, 0.15) is 18.4 Å². The lowest BCUT2D eigenvalue weighted by molar-refractivity contribution is -0.137. The Morgan fingerprint density at radius 3 is 2.51 bits per heavy atom. The second-order valence-electron chi connectivity index (χ2n) is 8.81. The third kappa shape index (κ3) is 5.66. The smallest absolute Gasteiger partial charge is 0.387 e. The number of carbonyl (C=O) groups is 1. The number of fused-ring (bicyclic) bond motifs is 1. The number of likely N-dealkylation sites (N-methyl/N-ethyl adjacent to an activating group) is 1. The molecule has 0 amide bonds. The summed E-state index contributed by atoms with van der Waals surface area (Å²) in [5.41, 5.74) is 2.19. The minimum Gasteiger partial charge on any atom is -0.481 e. The van der Waals surface area contributed by atoms with Crippen LogP contribution in [0.4, 0.5) is 24.5 Å². The molecule has 0 fully saturated rings. The summed E-state index contributed by atoms with van der Waals surface area (Å²) >= 11 is 0. The molecule has 0 aromatic heterocycles. The monoisotopic (exact) mass is 534 g/mol. The average Bonchev–Trinajstić information content (AvgIpc) is 2.82. The summed E-state index contributed by atoms with van der Waals surface area (Å²) in [5.74, 6) is -2.14. The van der Waals surface area contributed by atoms with E-state index in [9.17, 15) is 31.5 Å². The van der Waals surface area contributed by atoms with Gasteiger partial charge in [-0.1, -0.05) is 18.2 Å². The van der Waals surface area contributed by atoms with Gasteiger partial charge in [0.15, 0.2) is 0 Å². The van der Waals surface area contributed by atoms with Crippen molar-refractivity contribution >= 4 is 27.4 Å². The Labute approximate surface area is 212 Å². The van der Waals surface area contributed by atoms with Crippen molar-refractivity contribution < 1.29 is 36.2 Å². The standard InChI is InChI=1S/C26H25F3N2O5S/c1-16-4-3-5-22(10-16)37(34,35)31-15-20(7-9-25(32)33)30(2)23-8-6-17(13-24(23)31)18-11-19(27)14-21(12-18)36-26(28)29/h3-6,8,10-14,20,26H,7,9,15H2,1-2H3,(H,32,33)/t20-/m0/s1. The van der Waals surface area contributed by atoms with E-state index in [0.717, 1.165) is 17.7 Å². The number of halogens is 3.